The van der Waals surface area contributed by atoms with Gasteiger partial charge in [0, 0.05) is 12.1 Å². The zero-order valence-corrected chi connectivity index (χ0v) is 13.0. The fourth-order valence-electron chi connectivity index (χ4n) is 1.40. The van der Waals surface area contributed by atoms with Crippen LogP contribution in [0.4, 0.5) is 0 Å². The zero-order chi connectivity index (χ0) is 15.3. The van der Waals surface area contributed by atoms with Gasteiger partial charge in [-0.3, -0.25) is 9.59 Å². The molecule has 1 heterocycles. The van der Waals surface area contributed by atoms with Gasteiger partial charge >= 0.3 is 0 Å². The molecule has 0 aromatic carbocycles. The summed E-state index contributed by atoms with van der Waals surface area (Å²) in [4.78, 5) is 27.5. The molecule has 0 saturated carbocycles. The third kappa shape index (κ3) is 5.35. The molecular formula is C13H17Cl2N3O2. The molecule has 1 unspecified atom stereocenters. The van der Waals surface area contributed by atoms with E-state index in [-0.39, 0.29) is 21.8 Å². The number of amides is 2. The maximum absolute atomic E-state index is 12.0. The van der Waals surface area contributed by atoms with E-state index in [4.69, 9.17) is 23.2 Å². The molecule has 0 saturated heterocycles. The highest BCUT2D eigenvalue weighted by Gasteiger charge is 2.17. The molecule has 0 fully saturated rings. The van der Waals surface area contributed by atoms with E-state index in [0.29, 0.717) is 12.5 Å². The van der Waals surface area contributed by atoms with Gasteiger partial charge in [0.15, 0.2) is 0 Å². The van der Waals surface area contributed by atoms with Crippen molar-refractivity contribution in [1.82, 2.24) is 15.6 Å². The fourth-order valence-corrected chi connectivity index (χ4v) is 1.86. The van der Waals surface area contributed by atoms with Gasteiger partial charge in [-0.15, -0.1) is 0 Å². The lowest BCUT2D eigenvalue weighted by atomic mass is 10.2. The molecule has 1 atom stereocenters. The van der Waals surface area contributed by atoms with Crippen LogP contribution in [-0.2, 0) is 4.79 Å². The molecular weight excluding hydrogens is 301 g/mol. The Morgan fingerprint density at radius 1 is 1.20 bits per heavy atom. The molecule has 20 heavy (non-hydrogen) atoms. The van der Waals surface area contributed by atoms with E-state index in [1.54, 1.807) is 6.92 Å². The van der Waals surface area contributed by atoms with Crippen LogP contribution in [0.2, 0.25) is 10.3 Å². The number of carbonyl (C=O) groups excluding carboxylic acids is 2. The quantitative estimate of drug-likeness (QED) is 0.818. The minimum atomic E-state index is -0.646. The van der Waals surface area contributed by atoms with E-state index < -0.39 is 11.9 Å². The van der Waals surface area contributed by atoms with Crippen LogP contribution >= 0.6 is 23.2 Å². The first-order valence-corrected chi connectivity index (χ1v) is 6.97. The van der Waals surface area contributed by atoms with Crippen molar-refractivity contribution in [3.63, 3.8) is 0 Å². The Morgan fingerprint density at radius 2 is 1.75 bits per heavy atom. The van der Waals surface area contributed by atoms with Crippen molar-refractivity contribution in [2.24, 2.45) is 5.92 Å². The van der Waals surface area contributed by atoms with Gasteiger partial charge < -0.3 is 10.6 Å². The Bertz CT molecular complexity index is 486. The summed E-state index contributed by atoms with van der Waals surface area (Å²) in [6.07, 6.45) is 0. The number of nitrogens with one attached hydrogen (secondary N) is 2. The minimum absolute atomic E-state index is 0.125. The first-order valence-electron chi connectivity index (χ1n) is 6.21. The van der Waals surface area contributed by atoms with Gasteiger partial charge in [0.05, 0.1) is 0 Å². The average molecular weight is 318 g/mol. The van der Waals surface area contributed by atoms with Crippen LogP contribution < -0.4 is 10.6 Å². The number of nitrogens with zero attached hydrogens (tertiary/aromatic N) is 1. The van der Waals surface area contributed by atoms with Crippen molar-refractivity contribution in [3.05, 3.63) is 28.0 Å². The summed E-state index contributed by atoms with van der Waals surface area (Å²) in [5.41, 5.74) is 0.263. The van der Waals surface area contributed by atoms with E-state index in [2.05, 4.69) is 15.6 Å². The smallest absolute Gasteiger partial charge is 0.252 e. The van der Waals surface area contributed by atoms with Crippen LogP contribution in [0, 0.1) is 5.92 Å². The Kier molecular flexibility index (Phi) is 6.23. The number of pyridine rings is 1. The highest BCUT2D eigenvalue weighted by atomic mass is 35.5. The molecule has 110 valence electrons. The molecule has 1 rings (SSSR count). The predicted octanol–water partition coefficient (Wildman–Crippen LogP) is 2.28. The second kappa shape index (κ2) is 7.45. The van der Waals surface area contributed by atoms with Gasteiger partial charge in [-0.1, -0.05) is 37.0 Å². The number of hydrogen-bond acceptors (Lipinski definition) is 3. The lowest BCUT2D eigenvalue weighted by Gasteiger charge is -2.15. The molecule has 0 aliphatic heterocycles. The van der Waals surface area contributed by atoms with Crippen molar-refractivity contribution in [2.45, 2.75) is 26.8 Å². The maximum Gasteiger partial charge on any atom is 0.252 e. The molecule has 0 spiro atoms. The zero-order valence-electron chi connectivity index (χ0n) is 11.5. The minimum Gasteiger partial charge on any atom is -0.354 e. The summed E-state index contributed by atoms with van der Waals surface area (Å²) < 4.78 is 0. The van der Waals surface area contributed by atoms with E-state index in [1.807, 2.05) is 13.8 Å². The van der Waals surface area contributed by atoms with Crippen LogP contribution in [0.15, 0.2) is 12.1 Å². The number of carbonyl (C=O) groups is 2. The predicted molar refractivity (Wildman–Crippen MR) is 79.0 cm³/mol. The van der Waals surface area contributed by atoms with E-state index >= 15 is 0 Å². The lowest BCUT2D eigenvalue weighted by Crippen LogP contribution is -2.45. The van der Waals surface area contributed by atoms with Crippen molar-refractivity contribution < 1.29 is 9.59 Å². The molecule has 1 aromatic heterocycles. The van der Waals surface area contributed by atoms with Gasteiger partial charge in [0.25, 0.3) is 5.91 Å². The molecule has 2 N–H and O–H groups in total. The summed E-state index contributed by atoms with van der Waals surface area (Å²) in [5.74, 6) is -0.318. The van der Waals surface area contributed by atoms with Gasteiger partial charge in [-0.05, 0) is 25.0 Å². The molecule has 7 heteroatoms. The second-order valence-electron chi connectivity index (χ2n) is 4.84. The Labute approximate surface area is 128 Å². The SMILES string of the molecule is CC(C)CNC(=O)C(C)NC(=O)c1cc(Cl)nc(Cl)c1. The average Bonchev–Trinajstić information content (AvgIpc) is 2.34. The van der Waals surface area contributed by atoms with Crippen molar-refractivity contribution in [1.29, 1.82) is 0 Å². The molecule has 0 aliphatic rings. The van der Waals surface area contributed by atoms with Gasteiger partial charge in [-0.25, -0.2) is 4.98 Å². The first-order chi connectivity index (χ1) is 9.29. The standard InChI is InChI=1S/C13H17Cl2N3O2/c1-7(2)6-16-12(19)8(3)17-13(20)9-4-10(14)18-11(15)5-9/h4-5,7-8H,6H2,1-3H3,(H,16,19)(H,17,20). The van der Waals surface area contributed by atoms with Crippen molar-refractivity contribution in [3.8, 4) is 0 Å². The molecule has 0 bridgehead atoms. The van der Waals surface area contributed by atoms with Crippen LogP contribution in [0.5, 0.6) is 0 Å². The third-order valence-electron chi connectivity index (χ3n) is 2.45. The van der Waals surface area contributed by atoms with Crippen molar-refractivity contribution in [2.75, 3.05) is 6.54 Å². The number of aromatic nitrogens is 1. The molecule has 5 nitrogen and oxygen atoms in total. The van der Waals surface area contributed by atoms with Crippen LogP contribution in [0.25, 0.3) is 0 Å². The Morgan fingerprint density at radius 3 is 2.25 bits per heavy atom. The molecule has 2 amide bonds. The number of hydrogen-bond donors (Lipinski definition) is 2. The third-order valence-corrected chi connectivity index (χ3v) is 2.84. The number of halogens is 2. The summed E-state index contributed by atoms with van der Waals surface area (Å²) in [7, 11) is 0. The lowest BCUT2D eigenvalue weighted by molar-refractivity contribution is -0.122. The van der Waals surface area contributed by atoms with Crippen LogP contribution in [0.3, 0.4) is 0 Å². The van der Waals surface area contributed by atoms with Crippen molar-refractivity contribution >= 4 is 35.0 Å². The Hall–Kier alpha value is -1.33. The highest BCUT2D eigenvalue weighted by molar-refractivity contribution is 6.33. The topological polar surface area (TPSA) is 71.1 Å². The molecule has 0 radical (unpaired) electrons. The maximum atomic E-state index is 12.0. The van der Waals surface area contributed by atoms with Gasteiger partial charge in [0.2, 0.25) is 5.91 Å². The first kappa shape index (κ1) is 16.7. The van der Waals surface area contributed by atoms with E-state index in [1.165, 1.54) is 12.1 Å². The monoisotopic (exact) mass is 317 g/mol. The molecule has 0 aliphatic carbocycles. The number of rotatable bonds is 5. The van der Waals surface area contributed by atoms with Crippen LogP contribution in [0.1, 0.15) is 31.1 Å². The normalized spacial score (nSPS) is 12.1. The summed E-state index contributed by atoms with van der Waals surface area (Å²) in [6.45, 7) is 6.15. The van der Waals surface area contributed by atoms with Crippen LogP contribution in [-0.4, -0.2) is 29.4 Å². The summed E-state index contributed by atoms with van der Waals surface area (Å²) in [6, 6.07) is 2.13. The fraction of sp³-hybridized carbons (Fsp3) is 0.462. The summed E-state index contributed by atoms with van der Waals surface area (Å²) in [5, 5.41) is 5.57. The van der Waals surface area contributed by atoms with E-state index in [9.17, 15) is 9.59 Å². The molecule has 1 aromatic rings. The summed E-state index contributed by atoms with van der Waals surface area (Å²) >= 11 is 11.4. The second-order valence-corrected chi connectivity index (χ2v) is 5.61. The largest absolute Gasteiger partial charge is 0.354 e. The highest BCUT2D eigenvalue weighted by Crippen LogP contribution is 2.14. The van der Waals surface area contributed by atoms with Gasteiger partial charge in [-0.2, -0.15) is 0 Å². The van der Waals surface area contributed by atoms with E-state index in [0.717, 1.165) is 0 Å². The van der Waals surface area contributed by atoms with Gasteiger partial charge in [0.1, 0.15) is 16.3 Å². The Balaban J connectivity index is 2.63.